The molecule has 0 unspecified atom stereocenters. The molecule has 2 nitrogen and oxygen atoms in total. The molecule has 0 aliphatic carbocycles. The van der Waals surface area contributed by atoms with Crippen LogP contribution in [0.5, 0.6) is 0 Å². The molecule has 0 aromatic heterocycles. The van der Waals surface area contributed by atoms with Gasteiger partial charge in [0, 0.05) is 37.8 Å². The van der Waals surface area contributed by atoms with Crippen molar-refractivity contribution in [2.24, 2.45) is 0 Å². The first kappa shape index (κ1) is 24.5. The Morgan fingerprint density at radius 2 is 1.84 bits per heavy atom. The summed E-state index contributed by atoms with van der Waals surface area (Å²) < 4.78 is 53.5. The molecule has 0 radical (unpaired) electrons. The van der Waals surface area contributed by atoms with Crippen LogP contribution in [-0.4, -0.2) is 31.1 Å². The fourth-order valence-electron chi connectivity index (χ4n) is 2.82. The largest absolute Gasteiger partial charge is 0.416 e. The molecule has 1 aliphatic rings. The van der Waals surface area contributed by atoms with Crippen molar-refractivity contribution in [3.05, 3.63) is 46.8 Å². The van der Waals surface area contributed by atoms with E-state index in [9.17, 15) is 17.6 Å². The topological polar surface area (TPSA) is 15.3 Å². The van der Waals surface area contributed by atoms with Gasteiger partial charge in [0.1, 0.15) is 5.82 Å². The average molecular weight is 424 g/mol. The van der Waals surface area contributed by atoms with E-state index in [4.69, 9.17) is 11.6 Å². The van der Waals surface area contributed by atoms with E-state index in [1.807, 2.05) is 4.90 Å². The number of halogens is 7. The van der Waals surface area contributed by atoms with E-state index in [1.54, 1.807) is 6.08 Å². The van der Waals surface area contributed by atoms with Crippen LogP contribution in [0.1, 0.15) is 30.0 Å². The maximum absolute atomic E-state index is 14.4. The molecule has 0 spiro atoms. The van der Waals surface area contributed by atoms with Gasteiger partial charge in [-0.25, -0.2) is 4.39 Å². The third-order valence-electron chi connectivity index (χ3n) is 3.98. The first-order valence-electron chi connectivity index (χ1n) is 7.46. The zero-order chi connectivity index (χ0) is 17.0. The van der Waals surface area contributed by atoms with Gasteiger partial charge >= 0.3 is 6.18 Å². The van der Waals surface area contributed by atoms with Crippen molar-refractivity contribution in [1.29, 1.82) is 0 Å². The quantitative estimate of drug-likeness (QED) is 0.514. The SMILES string of the molecule is C=CCC[C@@H](c1cc(C(F)(F)F)cc(Cl)c1F)N1CCNCC1.Cl.Cl. The number of allylic oxidation sites excluding steroid dienone is 1. The first-order valence-corrected chi connectivity index (χ1v) is 7.84. The Morgan fingerprint density at radius 3 is 2.36 bits per heavy atom. The van der Waals surface area contributed by atoms with Crippen LogP contribution in [0.2, 0.25) is 5.02 Å². The van der Waals surface area contributed by atoms with Gasteiger partial charge in [0.15, 0.2) is 0 Å². The van der Waals surface area contributed by atoms with Gasteiger partial charge in [0.2, 0.25) is 0 Å². The molecule has 0 saturated carbocycles. The van der Waals surface area contributed by atoms with Gasteiger partial charge in [0.05, 0.1) is 10.6 Å². The summed E-state index contributed by atoms with van der Waals surface area (Å²) in [6, 6.07) is 1.08. The zero-order valence-corrected chi connectivity index (χ0v) is 15.8. The van der Waals surface area contributed by atoms with Crippen LogP contribution in [0.15, 0.2) is 24.8 Å². The summed E-state index contributed by atoms with van der Waals surface area (Å²) in [5.74, 6) is -0.771. The molecule has 1 aromatic carbocycles. The van der Waals surface area contributed by atoms with Crippen LogP contribution in [0.25, 0.3) is 0 Å². The van der Waals surface area contributed by atoms with Crippen LogP contribution in [0.3, 0.4) is 0 Å². The Hall–Kier alpha value is -0.530. The number of nitrogens with zero attached hydrogens (tertiary/aromatic N) is 1. The highest BCUT2D eigenvalue weighted by molar-refractivity contribution is 6.30. The Morgan fingerprint density at radius 1 is 1.24 bits per heavy atom. The third-order valence-corrected chi connectivity index (χ3v) is 4.25. The normalized spacial score (nSPS) is 16.5. The second kappa shape index (κ2) is 10.6. The van der Waals surface area contributed by atoms with Crippen molar-refractivity contribution in [3.63, 3.8) is 0 Å². The first-order chi connectivity index (χ1) is 10.8. The lowest BCUT2D eigenvalue weighted by molar-refractivity contribution is -0.137. The predicted octanol–water partition coefficient (Wildman–Crippen LogP) is 5.25. The summed E-state index contributed by atoms with van der Waals surface area (Å²) in [5, 5.41) is 2.69. The third kappa shape index (κ3) is 6.29. The molecule has 2 rings (SSSR count). The van der Waals surface area contributed by atoms with Gasteiger partial charge in [-0.15, -0.1) is 31.4 Å². The fourth-order valence-corrected chi connectivity index (χ4v) is 3.05. The van der Waals surface area contributed by atoms with Crippen molar-refractivity contribution in [1.82, 2.24) is 10.2 Å². The minimum Gasteiger partial charge on any atom is -0.314 e. The van der Waals surface area contributed by atoms with Crippen molar-refractivity contribution < 1.29 is 17.6 Å². The lowest BCUT2D eigenvalue weighted by atomic mass is 9.96. The van der Waals surface area contributed by atoms with Crippen LogP contribution >= 0.6 is 36.4 Å². The van der Waals surface area contributed by atoms with Gasteiger partial charge < -0.3 is 5.32 Å². The molecule has 1 atom stereocenters. The number of benzene rings is 1. The molecule has 9 heteroatoms. The highest BCUT2D eigenvalue weighted by atomic mass is 35.5. The minimum atomic E-state index is -4.56. The van der Waals surface area contributed by atoms with Crippen LogP contribution in [-0.2, 0) is 6.18 Å². The summed E-state index contributed by atoms with van der Waals surface area (Å²) in [6.45, 7) is 6.38. The lowest BCUT2D eigenvalue weighted by Gasteiger charge is -2.35. The van der Waals surface area contributed by atoms with Gasteiger partial charge in [0.25, 0.3) is 0 Å². The van der Waals surface area contributed by atoms with Gasteiger partial charge in [-0.1, -0.05) is 17.7 Å². The Labute approximate surface area is 162 Å². The molecule has 1 saturated heterocycles. The molecule has 1 aromatic rings. The summed E-state index contributed by atoms with van der Waals surface area (Å²) in [6.07, 6.45) is -1.79. The fraction of sp³-hybridized carbons (Fsp3) is 0.500. The number of nitrogens with one attached hydrogen (secondary N) is 1. The monoisotopic (exact) mass is 422 g/mol. The number of hydrogen-bond acceptors (Lipinski definition) is 2. The summed E-state index contributed by atoms with van der Waals surface area (Å²) in [4.78, 5) is 1.99. The smallest absolute Gasteiger partial charge is 0.314 e. The highest BCUT2D eigenvalue weighted by Crippen LogP contribution is 2.37. The number of alkyl halides is 3. The molecule has 1 aliphatic heterocycles. The van der Waals surface area contributed by atoms with E-state index >= 15 is 0 Å². The molecule has 1 fully saturated rings. The Balaban J connectivity index is 0.00000288. The number of hydrogen-bond donors (Lipinski definition) is 1. The van der Waals surface area contributed by atoms with Crippen LogP contribution in [0.4, 0.5) is 17.6 Å². The standard InChI is InChI=1S/C16H19ClF4N2.2ClH/c1-2-3-4-14(23-7-5-22-6-8-23)12-9-11(16(19,20)21)10-13(17)15(12)18;;/h2,9-10,14,22H,1,3-8H2;2*1H/t14-;;/m0../s1. The molecule has 144 valence electrons. The molecule has 1 N–H and O–H groups in total. The summed E-state index contributed by atoms with van der Waals surface area (Å²) in [5.41, 5.74) is -0.911. The second-order valence-electron chi connectivity index (χ2n) is 5.53. The van der Waals surface area contributed by atoms with Crippen molar-refractivity contribution in [2.75, 3.05) is 26.2 Å². The second-order valence-corrected chi connectivity index (χ2v) is 5.93. The number of piperazine rings is 1. The highest BCUT2D eigenvalue weighted by Gasteiger charge is 2.34. The summed E-state index contributed by atoms with van der Waals surface area (Å²) >= 11 is 5.72. The molecule has 0 bridgehead atoms. The van der Waals surface area contributed by atoms with Crippen molar-refractivity contribution in [2.45, 2.75) is 25.1 Å². The predicted molar refractivity (Wildman–Crippen MR) is 97.5 cm³/mol. The molecule has 0 amide bonds. The van der Waals surface area contributed by atoms with Crippen molar-refractivity contribution in [3.8, 4) is 0 Å². The van der Waals surface area contributed by atoms with E-state index in [0.717, 1.165) is 19.2 Å². The van der Waals surface area contributed by atoms with Gasteiger partial charge in [-0.2, -0.15) is 13.2 Å². The zero-order valence-electron chi connectivity index (χ0n) is 13.4. The molecule has 1 heterocycles. The molecular formula is C16H21Cl3F4N2. The van der Waals surface area contributed by atoms with Crippen LogP contribution in [0, 0.1) is 5.82 Å². The van der Waals surface area contributed by atoms with Gasteiger partial charge in [-0.05, 0) is 25.0 Å². The van der Waals surface area contributed by atoms with Crippen molar-refractivity contribution >= 4 is 36.4 Å². The maximum Gasteiger partial charge on any atom is 0.416 e. The number of rotatable bonds is 5. The Kier molecular flexibility index (Phi) is 10.4. The van der Waals surface area contributed by atoms with E-state index in [1.165, 1.54) is 0 Å². The van der Waals surface area contributed by atoms with E-state index < -0.39 is 28.6 Å². The van der Waals surface area contributed by atoms with E-state index in [2.05, 4.69) is 11.9 Å². The van der Waals surface area contributed by atoms with Crippen LogP contribution < -0.4 is 5.32 Å². The maximum atomic E-state index is 14.4. The minimum absolute atomic E-state index is 0. The van der Waals surface area contributed by atoms with E-state index in [-0.39, 0.29) is 30.4 Å². The van der Waals surface area contributed by atoms with Gasteiger partial charge in [-0.3, -0.25) is 4.90 Å². The summed E-state index contributed by atoms with van der Waals surface area (Å²) in [7, 11) is 0. The lowest BCUT2D eigenvalue weighted by Crippen LogP contribution is -2.45. The average Bonchev–Trinajstić information content (AvgIpc) is 2.51. The molecular weight excluding hydrogens is 403 g/mol. The Bertz CT molecular complexity index is 561. The molecule has 25 heavy (non-hydrogen) atoms. The van der Waals surface area contributed by atoms with E-state index in [0.29, 0.717) is 32.0 Å².